The molecule has 3 aromatic rings. The highest BCUT2D eigenvalue weighted by Crippen LogP contribution is 2.34. The van der Waals surface area contributed by atoms with Crippen LogP contribution in [0.4, 0.5) is 11.4 Å². The maximum absolute atomic E-state index is 12.5. The molecule has 5 nitrogen and oxygen atoms in total. The third kappa shape index (κ3) is 4.46. The van der Waals surface area contributed by atoms with Gasteiger partial charge in [0.05, 0.1) is 44.8 Å². The maximum Gasteiger partial charge on any atom is 0.224 e. The van der Waals surface area contributed by atoms with Gasteiger partial charge in [-0.25, -0.2) is 4.98 Å². The molecule has 1 aromatic heterocycles. The minimum atomic E-state index is -0.00196. The monoisotopic (exact) mass is 415 g/mol. The highest BCUT2D eigenvalue weighted by atomic mass is 35.5. The Balaban J connectivity index is 1.36. The van der Waals surface area contributed by atoms with Crippen LogP contribution in [-0.2, 0) is 16.0 Å². The quantitative estimate of drug-likeness (QED) is 0.631. The number of para-hydroxylation sites is 2. The number of carbonyl (C=O) groups excluding carboxylic acids is 1. The number of nitrogens with zero attached hydrogens (tertiary/aromatic N) is 2. The molecular formula is C21H22ClN3O2S. The van der Waals surface area contributed by atoms with Crippen molar-refractivity contribution >= 4 is 50.4 Å². The van der Waals surface area contributed by atoms with Gasteiger partial charge in [-0.15, -0.1) is 11.3 Å². The van der Waals surface area contributed by atoms with Crippen LogP contribution < -0.4 is 10.2 Å². The van der Waals surface area contributed by atoms with Gasteiger partial charge in [0.25, 0.3) is 0 Å². The molecule has 1 N–H and O–H groups in total. The second kappa shape index (κ2) is 8.90. The van der Waals surface area contributed by atoms with Gasteiger partial charge in [-0.3, -0.25) is 4.79 Å². The fraction of sp³-hybridized carbons (Fsp3) is 0.333. The summed E-state index contributed by atoms with van der Waals surface area (Å²) in [6.07, 6.45) is 2.02. The van der Waals surface area contributed by atoms with Gasteiger partial charge in [-0.1, -0.05) is 29.8 Å². The number of ether oxygens (including phenoxy) is 1. The van der Waals surface area contributed by atoms with Crippen molar-refractivity contribution in [3.05, 3.63) is 52.5 Å². The molecule has 0 spiro atoms. The van der Waals surface area contributed by atoms with Crippen LogP contribution in [0.25, 0.3) is 10.2 Å². The Morgan fingerprint density at radius 2 is 2.00 bits per heavy atom. The normalized spacial score (nSPS) is 14.4. The average Bonchev–Trinajstić information content (AvgIpc) is 3.11. The number of anilines is 2. The number of aromatic nitrogens is 1. The first kappa shape index (κ1) is 19.2. The van der Waals surface area contributed by atoms with E-state index in [-0.39, 0.29) is 5.91 Å². The Kier molecular flexibility index (Phi) is 6.10. The van der Waals surface area contributed by atoms with Gasteiger partial charge >= 0.3 is 0 Å². The van der Waals surface area contributed by atoms with Crippen LogP contribution in [-0.4, -0.2) is 37.2 Å². The SMILES string of the molecule is O=C(CCCc1nc2ccccc2s1)Nc1cccc(Cl)c1N1CCOCC1. The summed E-state index contributed by atoms with van der Waals surface area (Å²) in [5, 5.41) is 4.76. The minimum absolute atomic E-state index is 0.00196. The fourth-order valence-electron chi connectivity index (χ4n) is 3.36. The zero-order chi connectivity index (χ0) is 19.3. The largest absolute Gasteiger partial charge is 0.378 e. The first-order valence-electron chi connectivity index (χ1n) is 9.46. The molecule has 1 aliphatic heterocycles. The van der Waals surface area contributed by atoms with E-state index >= 15 is 0 Å². The molecule has 1 fully saturated rings. The number of thiazole rings is 1. The van der Waals surface area contributed by atoms with E-state index in [0.29, 0.717) is 24.7 Å². The molecule has 0 radical (unpaired) electrons. The van der Waals surface area contributed by atoms with Gasteiger partial charge in [0.15, 0.2) is 0 Å². The third-order valence-electron chi connectivity index (χ3n) is 4.72. The Morgan fingerprint density at radius 1 is 1.18 bits per heavy atom. The van der Waals surface area contributed by atoms with Crippen LogP contribution in [0.15, 0.2) is 42.5 Å². The summed E-state index contributed by atoms with van der Waals surface area (Å²) in [6.45, 7) is 2.87. The van der Waals surface area contributed by atoms with Crippen molar-refractivity contribution in [2.24, 2.45) is 0 Å². The molecule has 7 heteroatoms. The summed E-state index contributed by atoms with van der Waals surface area (Å²) in [7, 11) is 0. The molecule has 0 aliphatic carbocycles. The summed E-state index contributed by atoms with van der Waals surface area (Å²) in [6, 6.07) is 13.7. The van der Waals surface area contributed by atoms with Crippen molar-refractivity contribution in [3.8, 4) is 0 Å². The number of halogens is 1. The zero-order valence-electron chi connectivity index (χ0n) is 15.5. The van der Waals surface area contributed by atoms with Gasteiger partial charge in [0.2, 0.25) is 5.91 Å². The topological polar surface area (TPSA) is 54.5 Å². The van der Waals surface area contributed by atoms with E-state index in [1.807, 2.05) is 36.4 Å². The third-order valence-corrected chi connectivity index (χ3v) is 6.12. The van der Waals surface area contributed by atoms with E-state index in [0.717, 1.165) is 47.8 Å². The van der Waals surface area contributed by atoms with E-state index in [2.05, 4.69) is 21.3 Å². The molecule has 2 heterocycles. The molecule has 0 atom stereocenters. The molecule has 0 unspecified atom stereocenters. The number of benzene rings is 2. The van der Waals surface area contributed by atoms with Crippen molar-refractivity contribution in [1.82, 2.24) is 4.98 Å². The number of hydrogen-bond acceptors (Lipinski definition) is 5. The van der Waals surface area contributed by atoms with E-state index < -0.39 is 0 Å². The number of hydrogen-bond donors (Lipinski definition) is 1. The summed E-state index contributed by atoms with van der Waals surface area (Å²) in [5.74, 6) is -0.00196. The smallest absolute Gasteiger partial charge is 0.224 e. The molecular weight excluding hydrogens is 394 g/mol. The highest BCUT2D eigenvalue weighted by Gasteiger charge is 2.19. The lowest BCUT2D eigenvalue weighted by Crippen LogP contribution is -2.37. The molecule has 4 rings (SSSR count). The van der Waals surface area contributed by atoms with Gasteiger partial charge in [-0.2, -0.15) is 0 Å². The number of morpholine rings is 1. The van der Waals surface area contributed by atoms with Crippen LogP contribution >= 0.6 is 22.9 Å². The lowest BCUT2D eigenvalue weighted by molar-refractivity contribution is -0.116. The van der Waals surface area contributed by atoms with Gasteiger partial charge < -0.3 is 15.0 Å². The Morgan fingerprint density at radius 3 is 2.82 bits per heavy atom. The van der Waals surface area contributed by atoms with E-state index in [9.17, 15) is 4.79 Å². The van der Waals surface area contributed by atoms with Crippen molar-refractivity contribution in [2.45, 2.75) is 19.3 Å². The van der Waals surface area contributed by atoms with Gasteiger partial charge in [0.1, 0.15) is 0 Å². The molecule has 0 bridgehead atoms. The zero-order valence-corrected chi connectivity index (χ0v) is 17.1. The standard InChI is InChI=1S/C21H22ClN3O2S/c22-15-5-3-7-17(21(15)25-11-13-27-14-12-25)23-19(26)9-4-10-20-24-16-6-1-2-8-18(16)28-20/h1-3,5-8H,4,9-14H2,(H,23,26). The van der Waals surface area contributed by atoms with Crippen molar-refractivity contribution in [3.63, 3.8) is 0 Å². The summed E-state index contributed by atoms with van der Waals surface area (Å²) >= 11 is 8.13. The predicted octanol–water partition coefficient (Wildman–Crippen LogP) is 4.75. The Bertz CT molecular complexity index is 936. The van der Waals surface area contributed by atoms with Crippen LogP contribution in [0.5, 0.6) is 0 Å². The summed E-state index contributed by atoms with van der Waals surface area (Å²) in [5.41, 5.74) is 2.67. The first-order chi connectivity index (χ1) is 13.7. The fourth-order valence-corrected chi connectivity index (χ4v) is 4.67. The predicted molar refractivity (Wildman–Crippen MR) is 116 cm³/mol. The number of amides is 1. The molecule has 28 heavy (non-hydrogen) atoms. The van der Waals surface area contributed by atoms with Gasteiger partial charge in [-0.05, 0) is 37.1 Å². The Hall–Kier alpha value is -2.15. The van der Waals surface area contributed by atoms with Crippen LogP contribution in [0, 0.1) is 0 Å². The van der Waals surface area contributed by atoms with E-state index in [1.165, 1.54) is 4.70 Å². The molecule has 1 aliphatic rings. The number of aryl methyl sites for hydroxylation is 1. The van der Waals surface area contributed by atoms with Crippen molar-refractivity contribution in [2.75, 3.05) is 36.5 Å². The summed E-state index contributed by atoms with van der Waals surface area (Å²) in [4.78, 5) is 19.3. The second-order valence-corrected chi connectivity index (χ2v) is 8.23. The lowest BCUT2D eigenvalue weighted by atomic mass is 10.2. The number of nitrogens with one attached hydrogen (secondary N) is 1. The molecule has 1 saturated heterocycles. The molecule has 0 saturated carbocycles. The molecule has 2 aromatic carbocycles. The molecule has 1 amide bonds. The number of carbonyl (C=O) groups is 1. The number of rotatable bonds is 6. The maximum atomic E-state index is 12.5. The minimum Gasteiger partial charge on any atom is -0.378 e. The second-order valence-electron chi connectivity index (χ2n) is 6.71. The van der Waals surface area contributed by atoms with E-state index in [1.54, 1.807) is 11.3 Å². The highest BCUT2D eigenvalue weighted by molar-refractivity contribution is 7.18. The van der Waals surface area contributed by atoms with Gasteiger partial charge in [0, 0.05) is 19.5 Å². The van der Waals surface area contributed by atoms with Crippen LogP contribution in [0.2, 0.25) is 5.02 Å². The molecule has 146 valence electrons. The van der Waals surface area contributed by atoms with Crippen molar-refractivity contribution < 1.29 is 9.53 Å². The van der Waals surface area contributed by atoms with E-state index in [4.69, 9.17) is 16.3 Å². The van der Waals surface area contributed by atoms with Crippen molar-refractivity contribution in [1.29, 1.82) is 0 Å². The van der Waals surface area contributed by atoms with Crippen LogP contribution in [0.1, 0.15) is 17.8 Å². The Labute approximate surface area is 173 Å². The number of fused-ring (bicyclic) bond motifs is 1. The average molecular weight is 416 g/mol. The lowest BCUT2D eigenvalue weighted by Gasteiger charge is -2.31. The summed E-state index contributed by atoms with van der Waals surface area (Å²) < 4.78 is 6.61. The first-order valence-corrected chi connectivity index (χ1v) is 10.7. The van der Waals surface area contributed by atoms with Crippen LogP contribution in [0.3, 0.4) is 0 Å².